The molecule has 6 nitrogen and oxygen atoms in total. The van der Waals surface area contributed by atoms with Gasteiger partial charge < -0.3 is 14.4 Å². The van der Waals surface area contributed by atoms with E-state index in [-0.39, 0.29) is 11.8 Å². The number of aromatic amines is 1. The summed E-state index contributed by atoms with van der Waals surface area (Å²) in [5.74, 6) is 1.83. The van der Waals surface area contributed by atoms with E-state index in [0.717, 1.165) is 29.9 Å². The number of ether oxygens (including phenoxy) is 2. The number of nitrogens with one attached hydrogen (secondary N) is 1. The van der Waals surface area contributed by atoms with E-state index in [1.54, 1.807) is 7.11 Å². The lowest BCUT2D eigenvalue weighted by Crippen LogP contribution is -2.29. The first-order valence-electron chi connectivity index (χ1n) is 9.84. The normalized spacial score (nSPS) is 16.0. The number of benzene rings is 2. The summed E-state index contributed by atoms with van der Waals surface area (Å²) in [5, 5.41) is 7.51. The highest BCUT2D eigenvalue weighted by Gasteiger charge is 2.28. The fraction of sp³-hybridized carbons (Fsp3) is 0.304. The second kappa shape index (κ2) is 8.82. The Bertz CT molecular complexity index is 955. The van der Waals surface area contributed by atoms with Crippen LogP contribution in [0, 0.1) is 0 Å². The molecule has 0 aliphatic carbocycles. The first-order valence-corrected chi connectivity index (χ1v) is 9.84. The number of H-pyrrole nitrogens is 1. The first-order chi connectivity index (χ1) is 14.2. The van der Waals surface area contributed by atoms with Crippen LogP contribution in [0.3, 0.4) is 0 Å². The zero-order valence-electron chi connectivity index (χ0n) is 16.5. The second-order valence-corrected chi connectivity index (χ2v) is 7.25. The third kappa shape index (κ3) is 4.59. The number of para-hydroxylation sites is 2. The molecule has 1 aliphatic rings. The van der Waals surface area contributed by atoms with E-state index < -0.39 is 0 Å². The molecule has 1 amide bonds. The molecule has 2 heterocycles. The molecule has 1 N–H and O–H groups in total. The molecule has 0 spiro atoms. The summed E-state index contributed by atoms with van der Waals surface area (Å²) in [4.78, 5) is 14.5. The van der Waals surface area contributed by atoms with Crippen molar-refractivity contribution in [1.82, 2.24) is 15.1 Å². The number of rotatable bonds is 7. The molecule has 1 aliphatic heterocycles. The zero-order valence-corrected chi connectivity index (χ0v) is 16.5. The molecule has 0 bridgehead atoms. The van der Waals surface area contributed by atoms with Crippen molar-refractivity contribution in [3.63, 3.8) is 0 Å². The Labute approximate surface area is 170 Å². The SMILES string of the molecule is COc1ccccc1OCc1cc([C@H]2CCN(C(=O)Cc3ccccc3)C2)n[nH]1. The van der Waals surface area contributed by atoms with E-state index in [9.17, 15) is 4.79 Å². The second-order valence-electron chi connectivity index (χ2n) is 7.25. The van der Waals surface area contributed by atoms with Crippen LogP contribution in [0.1, 0.15) is 29.3 Å². The van der Waals surface area contributed by atoms with E-state index in [2.05, 4.69) is 10.2 Å². The van der Waals surface area contributed by atoms with Gasteiger partial charge in [-0.05, 0) is 30.2 Å². The van der Waals surface area contributed by atoms with Crippen molar-refractivity contribution in [2.45, 2.75) is 25.4 Å². The van der Waals surface area contributed by atoms with Crippen molar-refractivity contribution in [3.05, 3.63) is 77.6 Å². The number of hydrogen-bond donors (Lipinski definition) is 1. The van der Waals surface area contributed by atoms with Crippen LogP contribution in [0.4, 0.5) is 0 Å². The van der Waals surface area contributed by atoms with E-state index in [1.807, 2.05) is 65.6 Å². The van der Waals surface area contributed by atoms with Crippen molar-refractivity contribution in [1.29, 1.82) is 0 Å². The number of carbonyl (C=O) groups excluding carboxylic acids is 1. The zero-order chi connectivity index (χ0) is 20.1. The Kier molecular flexibility index (Phi) is 5.79. The summed E-state index contributed by atoms with van der Waals surface area (Å²) in [7, 11) is 1.63. The van der Waals surface area contributed by atoms with E-state index >= 15 is 0 Å². The number of carbonyl (C=O) groups is 1. The number of nitrogens with zero attached hydrogens (tertiary/aromatic N) is 2. The summed E-state index contributed by atoms with van der Waals surface area (Å²) in [6.07, 6.45) is 1.38. The van der Waals surface area contributed by atoms with Gasteiger partial charge in [-0.25, -0.2) is 0 Å². The van der Waals surface area contributed by atoms with Gasteiger partial charge in [-0.2, -0.15) is 5.10 Å². The molecule has 6 heteroatoms. The third-order valence-corrected chi connectivity index (χ3v) is 5.26. The third-order valence-electron chi connectivity index (χ3n) is 5.26. The van der Waals surface area contributed by atoms with Gasteiger partial charge in [0.2, 0.25) is 5.91 Å². The van der Waals surface area contributed by atoms with Gasteiger partial charge in [0.05, 0.1) is 24.9 Å². The van der Waals surface area contributed by atoms with Crippen molar-refractivity contribution in [2.24, 2.45) is 0 Å². The Morgan fingerprint density at radius 2 is 1.90 bits per heavy atom. The van der Waals surface area contributed by atoms with Crippen LogP contribution in [0.5, 0.6) is 11.5 Å². The van der Waals surface area contributed by atoms with Gasteiger partial charge in [0.25, 0.3) is 0 Å². The number of amides is 1. The van der Waals surface area contributed by atoms with Crippen LogP contribution >= 0.6 is 0 Å². The molecule has 1 aromatic heterocycles. The van der Waals surface area contributed by atoms with Crippen LogP contribution in [0.25, 0.3) is 0 Å². The van der Waals surface area contributed by atoms with E-state index in [4.69, 9.17) is 9.47 Å². The molecule has 29 heavy (non-hydrogen) atoms. The molecule has 1 fully saturated rings. The van der Waals surface area contributed by atoms with Crippen LogP contribution in [-0.4, -0.2) is 41.2 Å². The maximum Gasteiger partial charge on any atom is 0.227 e. The molecule has 1 atom stereocenters. The number of likely N-dealkylation sites (tertiary alicyclic amines) is 1. The average Bonchev–Trinajstić information content (AvgIpc) is 3.43. The Balaban J connectivity index is 1.32. The lowest BCUT2D eigenvalue weighted by Gasteiger charge is -2.16. The van der Waals surface area contributed by atoms with Crippen LogP contribution in [-0.2, 0) is 17.8 Å². The number of aromatic nitrogens is 2. The molecule has 0 saturated carbocycles. The van der Waals surface area contributed by atoms with Crippen molar-refractivity contribution >= 4 is 5.91 Å². The summed E-state index contributed by atoms with van der Waals surface area (Å²) in [6, 6.07) is 19.5. The molecule has 2 aromatic carbocycles. The van der Waals surface area contributed by atoms with Crippen molar-refractivity contribution in [2.75, 3.05) is 20.2 Å². The van der Waals surface area contributed by atoms with Gasteiger partial charge in [0.1, 0.15) is 6.61 Å². The van der Waals surface area contributed by atoms with Crippen LogP contribution < -0.4 is 9.47 Å². The van der Waals surface area contributed by atoms with E-state index in [0.29, 0.717) is 31.1 Å². The highest BCUT2D eigenvalue weighted by atomic mass is 16.5. The highest BCUT2D eigenvalue weighted by molar-refractivity contribution is 5.79. The summed E-state index contributed by atoms with van der Waals surface area (Å²) >= 11 is 0. The molecule has 3 aromatic rings. The summed E-state index contributed by atoms with van der Waals surface area (Å²) < 4.78 is 11.2. The fourth-order valence-electron chi connectivity index (χ4n) is 3.67. The van der Waals surface area contributed by atoms with Crippen molar-refractivity contribution in [3.8, 4) is 11.5 Å². The van der Waals surface area contributed by atoms with E-state index in [1.165, 1.54) is 0 Å². The van der Waals surface area contributed by atoms with Gasteiger partial charge in [0.15, 0.2) is 11.5 Å². The van der Waals surface area contributed by atoms with Gasteiger partial charge in [0, 0.05) is 19.0 Å². The summed E-state index contributed by atoms with van der Waals surface area (Å²) in [5.41, 5.74) is 2.94. The quantitative estimate of drug-likeness (QED) is 0.669. The largest absolute Gasteiger partial charge is 0.493 e. The Morgan fingerprint density at radius 3 is 2.69 bits per heavy atom. The fourth-order valence-corrected chi connectivity index (χ4v) is 3.67. The monoisotopic (exact) mass is 391 g/mol. The van der Waals surface area contributed by atoms with Crippen LogP contribution in [0.15, 0.2) is 60.7 Å². The summed E-state index contributed by atoms with van der Waals surface area (Å²) in [6.45, 7) is 1.87. The molecule has 0 unspecified atom stereocenters. The Morgan fingerprint density at radius 1 is 1.14 bits per heavy atom. The average molecular weight is 391 g/mol. The number of hydrogen-bond acceptors (Lipinski definition) is 4. The standard InChI is InChI=1S/C23H25N3O3/c1-28-21-9-5-6-10-22(21)29-16-19-14-20(25-24-19)18-11-12-26(15-18)23(27)13-17-7-3-2-4-8-17/h2-10,14,18H,11-13,15-16H2,1H3,(H,24,25)/t18-/m0/s1. The molecule has 4 rings (SSSR count). The molecular weight excluding hydrogens is 366 g/mol. The molecule has 1 saturated heterocycles. The topological polar surface area (TPSA) is 67.5 Å². The van der Waals surface area contributed by atoms with Crippen molar-refractivity contribution < 1.29 is 14.3 Å². The van der Waals surface area contributed by atoms with Gasteiger partial charge in [-0.3, -0.25) is 9.89 Å². The predicted octanol–water partition coefficient (Wildman–Crippen LogP) is 3.56. The lowest BCUT2D eigenvalue weighted by atomic mass is 10.1. The minimum Gasteiger partial charge on any atom is -0.493 e. The smallest absolute Gasteiger partial charge is 0.227 e. The van der Waals surface area contributed by atoms with Gasteiger partial charge >= 0.3 is 0 Å². The van der Waals surface area contributed by atoms with Gasteiger partial charge in [-0.1, -0.05) is 42.5 Å². The number of methoxy groups -OCH3 is 1. The molecule has 0 radical (unpaired) electrons. The maximum absolute atomic E-state index is 12.6. The maximum atomic E-state index is 12.6. The first kappa shape index (κ1) is 19.1. The minimum atomic E-state index is 0.175. The van der Waals surface area contributed by atoms with Gasteiger partial charge in [-0.15, -0.1) is 0 Å². The highest BCUT2D eigenvalue weighted by Crippen LogP contribution is 2.28. The Hall–Kier alpha value is -3.28. The molecular formula is C23H25N3O3. The molecule has 150 valence electrons. The minimum absolute atomic E-state index is 0.175. The van der Waals surface area contributed by atoms with Crippen LogP contribution in [0.2, 0.25) is 0 Å². The predicted molar refractivity (Wildman–Crippen MR) is 110 cm³/mol. The lowest BCUT2D eigenvalue weighted by molar-refractivity contribution is -0.129.